The van der Waals surface area contributed by atoms with E-state index in [-0.39, 0.29) is 5.82 Å². The fourth-order valence-electron chi connectivity index (χ4n) is 1.66. The van der Waals surface area contributed by atoms with Crippen LogP contribution in [0.3, 0.4) is 0 Å². The van der Waals surface area contributed by atoms with E-state index < -0.39 is 0 Å². The molecule has 0 radical (unpaired) electrons. The number of benzene rings is 2. The predicted octanol–water partition coefficient (Wildman–Crippen LogP) is 3.10. The minimum absolute atomic E-state index is 0.274. The summed E-state index contributed by atoms with van der Waals surface area (Å²) in [6.45, 7) is 1.83. The van der Waals surface area contributed by atoms with Gasteiger partial charge in [-0.3, -0.25) is 4.79 Å². The molecule has 0 saturated heterocycles. The molecule has 0 unspecified atom stereocenters. The molecule has 0 amide bonds. The fraction of sp³-hybridized carbons (Fsp3) is 0.0833. The van der Waals surface area contributed by atoms with Crippen LogP contribution in [0.5, 0.6) is 0 Å². The van der Waals surface area contributed by atoms with Gasteiger partial charge in [-0.15, -0.1) is 0 Å². The first-order chi connectivity index (χ1) is 6.74. The van der Waals surface area contributed by atoms with Gasteiger partial charge in [-0.25, -0.2) is 4.39 Å². The fourth-order valence-corrected chi connectivity index (χ4v) is 1.66. The highest BCUT2D eigenvalue weighted by Gasteiger charge is 2.06. The molecular formula is C12H9FO. The molecule has 0 heterocycles. The van der Waals surface area contributed by atoms with Gasteiger partial charge in [0.2, 0.25) is 0 Å². The number of fused-ring (bicyclic) bond motifs is 1. The van der Waals surface area contributed by atoms with Gasteiger partial charge in [-0.05, 0) is 23.9 Å². The summed E-state index contributed by atoms with van der Waals surface area (Å²) >= 11 is 0. The van der Waals surface area contributed by atoms with Crippen molar-refractivity contribution in [3.63, 3.8) is 0 Å². The van der Waals surface area contributed by atoms with E-state index in [2.05, 4.69) is 0 Å². The lowest BCUT2D eigenvalue weighted by atomic mass is 10.0. The summed E-state index contributed by atoms with van der Waals surface area (Å²) in [5, 5.41) is 1.22. The van der Waals surface area contributed by atoms with Gasteiger partial charge in [-0.2, -0.15) is 0 Å². The number of halogens is 1. The van der Waals surface area contributed by atoms with Crippen LogP contribution in [-0.2, 0) is 0 Å². The highest BCUT2D eigenvalue weighted by molar-refractivity contribution is 5.99. The molecule has 0 N–H and O–H groups in total. The van der Waals surface area contributed by atoms with Crippen molar-refractivity contribution in [3.8, 4) is 0 Å². The SMILES string of the molecule is Cc1ccc(C=O)c2cccc(F)c12. The van der Waals surface area contributed by atoms with E-state index in [0.29, 0.717) is 16.3 Å². The number of aldehydes is 1. The summed E-state index contributed by atoms with van der Waals surface area (Å²) in [6.07, 6.45) is 0.751. The van der Waals surface area contributed by atoms with E-state index in [4.69, 9.17) is 0 Å². The smallest absolute Gasteiger partial charge is 0.150 e. The van der Waals surface area contributed by atoms with Crippen molar-refractivity contribution in [3.05, 3.63) is 47.3 Å². The van der Waals surface area contributed by atoms with Gasteiger partial charge in [0.05, 0.1) is 0 Å². The minimum Gasteiger partial charge on any atom is -0.298 e. The Morgan fingerprint density at radius 3 is 2.71 bits per heavy atom. The maximum Gasteiger partial charge on any atom is 0.150 e. The Bertz CT molecular complexity index is 495. The number of rotatable bonds is 1. The van der Waals surface area contributed by atoms with Crippen LogP contribution in [0.25, 0.3) is 10.8 Å². The molecule has 0 spiro atoms. The number of hydrogen-bond acceptors (Lipinski definition) is 1. The molecule has 0 atom stereocenters. The topological polar surface area (TPSA) is 17.1 Å². The van der Waals surface area contributed by atoms with E-state index in [9.17, 15) is 9.18 Å². The van der Waals surface area contributed by atoms with Gasteiger partial charge in [0.15, 0.2) is 6.29 Å². The van der Waals surface area contributed by atoms with Gasteiger partial charge in [0, 0.05) is 10.9 Å². The molecule has 0 aliphatic heterocycles. The number of aryl methyl sites for hydroxylation is 1. The third-order valence-electron chi connectivity index (χ3n) is 2.36. The molecule has 0 aliphatic rings. The van der Waals surface area contributed by atoms with Gasteiger partial charge >= 0.3 is 0 Å². The normalized spacial score (nSPS) is 10.4. The second-order valence-electron chi connectivity index (χ2n) is 3.25. The highest BCUT2D eigenvalue weighted by Crippen LogP contribution is 2.23. The molecule has 2 aromatic rings. The van der Waals surface area contributed by atoms with E-state index in [1.165, 1.54) is 6.07 Å². The molecular weight excluding hydrogens is 179 g/mol. The Morgan fingerprint density at radius 1 is 1.21 bits per heavy atom. The van der Waals surface area contributed by atoms with Gasteiger partial charge in [-0.1, -0.05) is 24.3 Å². The van der Waals surface area contributed by atoms with Crippen molar-refractivity contribution in [2.75, 3.05) is 0 Å². The Morgan fingerprint density at radius 2 is 2.00 bits per heavy atom. The molecule has 14 heavy (non-hydrogen) atoms. The molecule has 0 bridgehead atoms. The molecule has 0 aliphatic carbocycles. The zero-order valence-electron chi connectivity index (χ0n) is 7.75. The average Bonchev–Trinajstić information content (AvgIpc) is 2.18. The Hall–Kier alpha value is -1.70. The van der Waals surface area contributed by atoms with Crippen LogP contribution in [0.15, 0.2) is 30.3 Å². The van der Waals surface area contributed by atoms with Crippen molar-refractivity contribution in [1.82, 2.24) is 0 Å². The van der Waals surface area contributed by atoms with Gasteiger partial charge in [0.1, 0.15) is 5.82 Å². The lowest BCUT2D eigenvalue weighted by Crippen LogP contribution is -1.89. The quantitative estimate of drug-likeness (QED) is 0.628. The third-order valence-corrected chi connectivity index (χ3v) is 2.36. The molecule has 0 saturated carbocycles. The number of carbonyl (C=O) groups excluding carboxylic acids is 1. The predicted molar refractivity (Wildman–Crippen MR) is 54.0 cm³/mol. The maximum absolute atomic E-state index is 13.4. The monoisotopic (exact) mass is 188 g/mol. The third kappa shape index (κ3) is 1.20. The molecule has 1 nitrogen and oxygen atoms in total. The zero-order valence-corrected chi connectivity index (χ0v) is 7.75. The van der Waals surface area contributed by atoms with Crippen LogP contribution in [-0.4, -0.2) is 6.29 Å². The van der Waals surface area contributed by atoms with Crippen LogP contribution in [0.2, 0.25) is 0 Å². The summed E-state index contributed by atoms with van der Waals surface area (Å²) in [5.41, 5.74) is 1.38. The Balaban J connectivity index is 2.98. The van der Waals surface area contributed by atoms with Gasteiger partial charge in [0.25, 0.3) is 0 Å². The standard InChI is InChI=1S/C12H9FO/c1-8-5-6-9(7-14)10-3-2-4-11(13)12(8)10/h2-7H,1H3. The van der Waals surface area contributed by atoms with Crippen molar-refractivity contribution >= 4 is 17.1 Å². The minimum atomic E-state index is -0.274. The average molecular weight is 188 g/mol. The molecule has 0 aromatic heterocycles. The van der Waals surface area contributed by atoms with Crippen LogP contribution in [0.4, 0.5) is 4.39 Å². The molecule has 2 aromatic carbocycles. The summed E-state index contributed by atoms with van der Waals surface area (Å²) in [4.78, 5) is 10.7. The Labute approximate surface area is 81.2 Å². The largest absolute Gasteiger partial charge is 0.298 e. The van der Waals surface area contributed by atoms with Crippen LogP contribution < -0.4 is 0 Å². The molecule has 2 rings (SSSR count). The van der Waals surface area contributed by atoms with Crippen LogP contribution in [0, 0.1) is 12.7 Å². The summed E-state index contributed by atoms with van der Waals surface area (Å²) in [6, 6.07) is 8.25. The molecule has 70 valence electrons. The Kier molecular flexibility index (Phi) is 2.04. The lowest BCUT2D eigenvalue weighted by Gasteiger charge is -2.04. The van der Waals surface area contributed by atoms with Crippen LogP contribution in [0.1, 0.15) is 15.9 Å². The van der Waals surface area contributed by atoms with Crippen molar-refractivity contribution < 1.29 is 9.18 Å². The van der Waals surface area contributed by atoms with E-state index in [1.807, 2.05) is 6.92 Å². The van der Waals surface area contributed by atoms with Crippen molar-refractivity contribution in [2.45, 2.75) is 6.92 Å². The lowest BCUT2D eigenvalue weighted by molar-refractivity contribution is 0.112. The first kappa shape index (κ1) is 8.88. The summed E-state index contributed by atoms with van der Waals surface area (Å²) in [7, 11) is 0. The van der Waals surface area contributed by atoms with Gasteiger partial charge < -0.3 is 0 Å². The second kappa shape index (κ2) is 3.22. The van der Waals surface area contributed by atoms with Crippen molar-refractivity contribution in [2.24, 2.45) is 0 Å². The van der Waals surface area contributed by atoms with Crippen molar-refractivity contribution in [1.29, 1.82) is 0 Å². The zero-order chi connectivity index (χ0) is 10.1. The van der Waals surface area contributed by atoms with E-state index >= 15 is 0 Å². The molecule has 0 fully saturated rings. The first-order valence-corrected chi connectivity index (χ1v) is 4.37. The van der Waals surface area contributed by atoms with E-state index in [0.717, 1.165) is 11.8 Å². The summed E-state index contributed by atoms with van der Waals surface area (Å²) < 4.78 is 13.4. The second-order valence-corrected chi connectivity index (χ2v) is 3.25. The van der Waals surface area contributed by atoms with E-state index in [1.54, 1.807) is 24.3 Å². The number of carbonyl (C=O) groups is 1. The van der Waals surface area contributed by atoms with Crippen LogP contribution >= 0.6 is 0 Å². The molecule has 2 heteroatoms. The summed E-state index contributed by atoms with van der Waals surface area (Å²) in [5.74, 6) is -0.274. The maximum atomic E-state index is 13.4. The number of hydrogen-bond donors (Lipinski definition) is 0. The highest BCUT2D eigenvalue weighted by atomic mass is 19.1. The first-order valence-electron chi connectivity index (χ1n) is 4.37.